The van der Waals surface area contributed by atoms with E-state index in [1.807, 2.05) is 30.3 Å². The van der Waals surface area contributed by atoms with Gasteiger partial charge in [-0.05, 0) is 0 Å². The molecule has 6 heteroatoms. The smallest absolute Gasteiger partial charge is 0.183 e. The Morgan fingerprint density at radius 3 is 2.79 bits per heavy atom. The molecule has 2 heterocycles. The Kier molecular flexibility index (Phi) is 3.07. The van der Waals surface area contributed by atoms with Gasteiger partial charge in [0.05, 0.1) is 12.9 Å². The van der Waals surface area contributed by atoms with E-state index < -0.39 is 0 Å². The summed E-state index contributed by atoms with van der Waals surface area (Å²) in [5.74, 6) is 1.26. The topological polar surface area (TPSA) is 86.7 Å². The second kappa shape index (κ2) is 5.03. The zero-order valence-electron chi connectivity index (χ0n) is 10.2. The van der Waals surface area contributed by atoms with E-state index in [1.54, 1.807) is 6.33 Å². The fourth-order valence-electron chi connectivity index (χ4n) is 1.85. The molecule has 1 aromatic carbocycles. The maximum absolute atomic E-state index is 8.90. The Hall–Kier alpha value is -2.47. The van der Waals surface area contributed by atoms with Crippen molar-refractivity contribution in [2.75, 3.05) is 18.5 Å². The Morgan fingerprint density at radius 1 is 1.16 bits per heavy atom. The monoisotopic (exact) mass is 255 g/mol. The first-order valence-electron chi connectivity index (χ1n) is 6.00. The molecule has 0 aliphatic heterocycles. The normalized spacial score (nSPS) is 10.8. The van der Waals surface area contributed by atoms with E-state index in [9.17, 15) is 0 Å². The maximum atomic E-state index is 8.90. The lowest BCUT2D eigenvalue weighted by molar-refractivity contribution is 0.311. The Bertz CT molecular complexity index is 680. The summed E-state index contributed by atoms with van der Waals surface area (Å²) in [6.07, 6.45) is 1.58. The van der Waals surface area contributed by atoms with Gasteiger partial charge in [0.1, 0.15) is 5.52 Å². The SMILES string of the molecule is OCCNc1nc(-c2ccccc2)nc2nc[nH]c12. The molecule has 3 rings (SSSR count). The number of hydrogen-bond donors (Lipinski definition) is 3. The second-order valence-electron chi connectivity index (χ2n) is 4.01. The van der Waals surface area contributed by atoms with Crippen LogP contribution in [-0.4, -0.2) is 38.2 Å². The van der Waals surface area contributed by atoms with Crippen LogP contribution < -0.4 is 5.32 Å². The van der Waals surface area contributed by atoms with Crippen molar-refractivity contribution in [1.29, 1.82) is 0 Å². The molecule has 0 atom stereocenters. The number of H-pyrrole nitrogens is 1. The van der Waals surface area contributed by atoms with E-state index in [4.69, 9.17) is 5.11 Å². The minimum Gasteiger partial charge on any atom is -0.395 e. The van der Waals surface area contributed by atoms with Crippen molar-refractivity contribution in [3.05, 3.63) is 36.7 Å². The summed E-state index contributed by atoms with van der Waals surface area (Å²) in [7, 11) is 0. The summed E-state index contributed by atoms with van der Waals surface area (Å²) in [5.41, 5.74) is 2.28. The molecule has 0 saturated carbocycles. The molecule has 0 radical (unpaired) electrons. The molecule has 0 aliphatic carbocycles. The van der Waals surface area contributed by atoms with Crippen molar-refractivity contribution in [1.82, 2.24) is 19.9 Å². The van der Waals surface area contributed by atoms with Gasteiger partial charge in [-0.15, -0.1) is 0 Å². The van der Waals surface area contributed by atoms with Gasteiger partial charge in [-0.2, -0.15) is 0 Å². The van der Waals surface area contributed by atoms with Gasteiger partial charge in [-0.1, -0.05) is 30.3 Å². The van der Waals surface area contributed by atoms with E-state index in [2.05, 4.69) is 25.3 Å². The van der Waals surface area contributed by atoms with Crippen LogP contribution in [0.25, 0.3) is 22.6 Å². The van der Waals surface area contributed by atoms with Crippen LogP contribution in [0.3, 0.4) is 0 Å². The zero-order chi connectivity index (χ0) is 13.1. The molecule has 2 aromatic heterocycles. The number of hydrogen-bond acceptors (Lipinski definition) is 5. The zero-order valence-corrected chi connectivity index (χ0v) is 10.2. The average Bonchev–Trinajstić information content (AvgIpc) is 2.94. The van der Waals surface area contributed by atoms with Crippen LogP contribution in [0.4, 0.5) is 5.82 Å². The first kappa shape index (κ1) is 11.6. The van der Waals surface area contributed by atoms with Crippen molar-refractivity contribution < 1.29 is 5.11 Å². The highest BCUT2D eigenvalue weighted by Gasteiger charge is 2.10. The number of aliphatic hydroxyl groups excluding tert-OH is 1. The number of imidazole rings is 1. The van der Waals surface area contributed by atoms with Crippen LogP contribution in [0.2, 0.25) is 0 Å². The number of nitrogens with one attached hydrogen (secondary N) is 2. The van der Waals surface area contributed by atoms with Crippen molar-refractivity contribution in [3.63, 3.8) is 0 Å². The molecule has 96 valence electrons. The van der Waals surface area contributed by atoms with Gasteiger partial charge >= 0.3 is 0 Å². The fourth-order valence-corrected chi connectivity index (χ4v) is 1.85. The van der Waals surface area contributed by atoms with Crippen LogP contribution in [0.5, 0.6) is 0 Å². The number of nitrogens with zero attached hydrogens (tertiary/aromatic N) is 3. The van der Waals surface area contributed by atoms with Crippen molar-refractivity contribution in [2.45, 2.75) is 0 Å². The van der Waals surface area contributed by atoms with E-state index >= 15 is 0 Å². The Morgan fingerprint density at radius 2 is 2.00 bits per heavy atom. The first-order valence-corrected chi connectivity index (χ1v) is 6.00. The van der Waals surface area contributed by atoms with Crippen LogP contribution >= 0.6 is 0 Å². The Labute approximate surface area is 109 Å². The lowest BCUT2D eigenvalue weighted by atomic mass is 10.2. The summed E-state index contributed by atoms with van der Waals surface area (Å²) >= 11 is 0. The largest absolute Gasteiger partial charge is 0.395 e. The highest BCUT2D eigenvalue weighted by molar-refractivity contribution is 5.84. The molecular weight excluding hydrogens is 242 g/mol. The standard InChI is InChI=1S/C13H13N5O/c19-7-6-14-12-10-13(16-8-15-10)18-11(17-12)9-4-2-1-3-5-9/h1-5,8,19H,6-7H2,(H2,14,15,16,17,18). The molecule has 3 aromatic rings. The molecule has 0 saturated heterocycles. The third-order valence-electron chi connectivity index (χ3n) is 2.72. The molecule has 0 bridgehead atoms. The lowest BCUT2D eigenvalue weighted by Crippen LogP contribution is -2.08. The number of anilines is 1. The quantitative estimate of drug-likeness (QED) is 0.656. The average molecular weight is 255 g/mol. The summed E-state index contributed by atoms with van der Waals surface area (Å²) in [6.45, 7) is 0.472. The number of aliphatic hydroxyl groups is 1. The number of rotatable bonds is 4. The van der Waals surface area contributed by atoms with E-state index in [-0.39, 0.29) is 6.61 Å². The molecule has 0 spiro atoms. The van der Waals surface area contributed by atoms with E-state index in [0.717, 1.165) is 11.1 Å². The molecule has 3 N–H and O–H groups in total. The fraction of sp³-hybridized carbons (Fsp3) is 0.154. The van der Waals surface area contributed by atoms with Gasteiger partial charge in [0.25, 0.3) is 0 Å². The molecule has 0 amide bonds. The summed E-state index contributed by atoms with van der Waals surface area (Å²) in [5, 5.41) is 12.0. The van der Waals surface area contributed by atoms with Gasteiger partial charge in [0.2, 0.25) is 0 Å². The third-order valence-corrected chi connectivity index (χ3v) is 2.72. The number of aromatic amines is 1. The van der Waals surface area contributed by atoms with Crippen LogP contribution in [-0.2, 0) is 0 Å². The summed E-state index contributed by atoms with van der Waals surface area (Å²) < 4.78 is 0. The van der Waals surface area contributed by atoms with Gasteiger partial charge in [0.15, 0.2) is 17.3 Å². The van der Waals surface area contributed by atoms with Gasteiger partial charge in [0, 0.05) is 12.1 Å². The minimum absolute atomic E-state index is 0.0420. The third kappa shape index (κ3) is 2.25. The van der Waals surface area contributed by atoms with Crippen LogP contribution in [0.15, 0.2) is 36.7 Å². The highest BCUT2D eigenvalue weighted by atomic mass is 16.3. The van der Waals surface area contributed by atoms with Crippen LogP contribution in [0.1, 0.15) is 0 Å². The molecular formula is C13H13N5O. The maximum Gasteiger partial charge on any atom is 0.183 e. The van der Waals surface area contributed by atoms with Gasteiger partial charge in [-0.3, -0.25) is 0 Å². The number of aromatic nitrogens is 4. The first-order chi connectivity index (χ1) is 9.38. The minimum atomic E-state index is 0.0420. The molecule has 19 heavy (non-hydrogen) atoms. The van der Waals surface area contributed by atoms with Crippen molar-refractivity contribution >= 4 is 17.0 Å². The predicted molar refractivity (Wildman–Crippen MR) is 72.7 cm³/mol. The van der Waals surface area contributed by atoms with Gasteiger partial charge < -0.3 is 15.4 Å². The van der Waals surface area contributed by atoms with E-state index in [1.165, 1.54) is 0 Å². The van der Waals surface area contributed by atoms with Crippen molar-refractivity contribution in [3.8, 4) is 11.4 Å². The highest BCUT2D eigenvalue weighted by Crippen LogP contribution is 2.22. The van der Waals surface area contributed by atoms with Crippen LogP contribution in [0, 0.1) is 0 Å². The Balaban J connectivity index is 2.11. The second-order valence-corrected chi connectivity index (χ2v) is 4.01. The number of benzene rings is 1. The molecule has 0 unspecified atom stereocenters. The van der Waals surface area contributed by atoms with Crippen molar-refractivity contribution in [2.24, 2.45) is 0 Å². The van der Waals surface area contributed by atoms with E-state index in [0.29, 0.717) is 23.8 Å². The van der Waals surface area contributed by atoms with Gasteiger partial charge in [-0.25, -0.2) is 15.0 Å². The molecule has 0 aliphatic rings. The molecule has 6 nitrogen and oxygen atoms in total. The lowest BCUT2D eigenvalue weighted by Gasteiger charge is -2.07. The summed E-state index contributed by atoms with van der Waals surface area (Å²) in [6, 6.07) is 9.72. The molecule has 0 fully saturated rings. The number of fused-ring (bicyclic) bond motifs is 1. The summed E-state index contributed by atoms with van der Waals surface area (Å²) in [4.78, 5) is 16.1. The predicted octanol–water partition coefficient (Wildman–Crippen LogP) is 1.42.